The zero-order chi connectivity index (χ0) is 19.3. The molecule has 0 heterocycles. The van der Waals surface area contributed by atoms with E-state index < -0.39 is 5.60 Å². The van der Waals surface area contributed by atoms with E-state index >= 15 is 0 Å². The van der Waals surface area contributed by atoms with Crippen molar-refractivity contribution in [2.75, 3.05) is 6.61 Å². The highest BCUT2D eigenvalue weighted by Gasteiger charge is 2.39. The Kier molecular flexibility index (Phi) is 6.48. The number of nitrogens with two attached hydrogens (primary N) is 1. The minimum atomic E-state index is -0.677. The van der Waals surface area contributed by atoms with Gasteiger partial charge in [-0.25, -0.2) is 0 Å². The molecule has 3 aromatic rings. The minimum absolute atomic E-state index is 0.202. The Morgan fingerprint density at radius 2 is 1.48 bits per heavy atom. The molecule has 0 aromatic heterocycles. The summed E-state index contributed by atoms with van der Waals surface area (Å²) < 4.78 is 7.71. The second-order valence-electron chi connectivity index (χ2n) is 6.99. The average molecular weight is 424 g/mol. The highest BCUT2D eigenvalue weighted by molar-refractivity contribution is 9.10. The van der Waals surface area contributed by atoms with Crippen molar-refractivity contribution in [3.63, 3.8) is 0 Å². The summed E-state index contributed by atoms with van der Waals surface area (Å²) in [5, 5.41) is 0. The fourth-order valence-corrected chi connectivity index (χ4v) is 4.30. The number of aryl methyl sites for hydroxylation is 1. The van der Waals surface area contributed by atoms with Gasteiger partial charge in [-0.3, -0.25) is 0 Å². The van der Waals surface area contributed by atoms with Crippen LogP contribution in [0.3, 0.4) is 0 Å². The molecule has 0 radical (unpaired) electrons. The van der Waals surface area contributed by atoms with Crippen molar-refractivity contribution in [1.29, 1.82) is 0 Å². The van der Waals surface area contributed by atoms with E-state index in [0.717, 1.165) is 22.0 Å². The molecule has 2 N–H and O–H groups in total. The maximum atomic E-state index is 6.61. The lowest BCUT2D eigenvalue weighted by Gasteiger charge is -2.38. The molecule has 0 saturated heterocycles. The third kappa shape index (κ3) is 4.49. The maximum absolute atomic E-state index is 6.61. The number of halogens is 1. The normalized spacial score (nSPS) is 12.7. The van der Waals surface area contributed by atoms with Gasteiger partial charge in [-0.1, -0.05) is 82.7 Å². The van der Waals surface area contributed by atoms with Gasteiger partial charge in [0, 0.05) is 10.5 Å². The predicted octanol–water partition coefficient (Wildman–Crippen LogP) is 5.61. The van der Waals surface area contributed by atoms with Gasteiger partial charge in [0.25, 0.3) is 0 Å². The Hall–Kier alpha value is -1.94. The second-order valence-corrected chi connectivity index (χ2v) is 7.91. The van der Waals surface area contributed by atoms with E-state index in [-0.39, 0.29) is 6.04 Å². The molecule has 140 valence electrons. The van der Waals surface area contributed by atoms with Gasteiger partial charge in [0.1, 0.15) is 5.60 Å². The molecule has 0 aliphatic carbocycles. The Balaban J connectivity index is 1.92. The molecule has 1 atom stereocenters. The van der Waals surface area contributed by atoms with Crippen LogP contribution in [0.5, 0.6) is 0 Å². The summed E-state index contributed by atoms with van der Waals surface area (Å²) in [6.07, 6.45) is 0.828. The Labute approximate surface area is 170 Å². The third-order valence-electron chi connectivity index (χ3n) is 4.87. The second kappa shape index (κ2) is 8.83. The van der Waals surface area contributed by atoms with Gasteiger partial charge in [0.15, 0.2) is 0 Å². The molecule has 3 aromatic carbocycles. The molecule has 3 heteroatoms. The van der Waals surface area contributed by atoms with E-state index in [1.165, 1.54) is 11.1 Å². The van der Waals surface area contributed by atoms with E-state index in [0.29, 0.717) is 6.61 Å². The van der Waals surface area contributed by atoms with Crippen molar-refractivity contribution in [1.82, 2.24) is 0 Å². The van der Waals surface area contributed by atoms with Crippen LogP contribution in [0.25, 0.3) is 0 Å². The first-order valence-corrected chi connectivity index (χ1v) is 10.1. The van der Waals surface area contributed by atoms with Gasteiger partial charge in [-0.05, 0) is 54.7 Å². The van der Waals surface area contributed by atoms with Crippen molar-refractivity contribution < 1.29 is 4.74 Å². The van der Waals surface area contributed by atoms with E-state index in [2.05, 4.69) is 65.3 Å². The standard InChI is InChI=1S/C24H26BrNO/c1-18-15-20(17-23(25)16-18)13-14-27-24(19(2)26,21-9-5-3-6-10-21)22-11-7-4-8-12-22/h3-12,15-17,19H,13-14,26H2,1-2H3. The first-order valence-electron chi connectivity index (χ1n) is 9.29. The van der Waals surface area contributed by atoms with Gasteiger partial charge in [0.2, 0.25) is 0 Å². The van der Waals surface area contributed by atoms with Crippen LogP contribution >= 0.6 is 15.9 Å². The number of hydrogen-bond acceptors (Lipinski definition) is 2. The summed E-state index contributed by atoms with van der Waals surface area (Å²) in [6, 6.07) is 26.8. The van der Waals surface area contributed by atoms with E-state index in [1.807, 2.05) is 43.3 Å². The number of rotatable bonds is 7. The molecule has 0 aliphatic rings. The van der Waals surface area contributed by atoms with Gasteiger partial charge in [-0.15, -0.1) is 0 Å². The first kappa shape index (κ1) is 19.8. The Morgan fingerprint density at radius 3 is 1.96 bits per heavy atom. The largest absolute Gasteiger partial charge is 0.364 e. The number of benzene rings is 3. The smallest absolute Gasteiger partial charge is 0.133 e. The van der Waals surface area contributed by atoms with E-state index in [4.69, 9.17) is 10.5 Å². The van der Waals surface area contributed by atoms with Gasteiger partial charge in [0.05, 0.1) is 6.61 Å². The first-order chi connectivity index (χ1) is 13.0. The molecule has 0 bridgehead atoms. The zero-order valence-corrected chi connectivity index (χ0v) is 17.4. The SMILES string of the molecule is Cc1cc(Br)cc(CCOC(c2ccccc2)(c2ccccc2)C(C)N)c1. The van der Waals surface area contributed by atoms with Crippen LogP contribution in [-0.2, 0) is 16.8 Å². The fourth-order valence-electron chi connectivity index (χ4n) is 3.65. The lowest BCUT2D eigenvalue weighted by Crippen LogP contribution is -2.47. The van der Waals surface area contributed by atoms with Crippen molar-refractivity contribution in [2.45, 2.75) is 31.9 Å². The summed E-state index contributed by atoms with van der Waals surface area (Å²) >= 11 is 3.58. The quantitative estimate of drug-likeness (QED) is 0.535. The number of hydrogen-bond donors (Lipinski definition) is 1. The average Bonchev–Trinajstić information content (AvgIpc) is 2.66. The third-order valence-corrected chi connectivity index (χ3v) is 5.33. The lowest BCUT2D eigenvalue weighted by atomic mass is 9.81. The van der Waals surface area contributed by atoms with Gasteiger partial charge in [-0.2, -0.15) is 0 Å². The Bertz CT molecular complexity index is 802. The predicted molar refractivity (Wildman–Crippen MR) is 116 cm³/mol. The van der Waals surface area contributed by atoms with E-state index in [9.17, 15) is 0 Å². The maximum Gasteiger partial charge on any atom is 0.133 e. The van der Waals surface area contributed by atoms with Crippen molar-refractivity contribution in [3.8, 4) is 0 Å². The highest BCUT2D eigenvalue weighted by atomic mass is 79.9. The molecule has 1 unspecified atom stereocenters. The van der Waals surface area contributed by atoms with Crippen molar-refractivity contribution >= 4 is 15.9 Å². The van der Waals surface area contributed by atoms with Crippen LogP contribution in [0.15, 0.2) is 83.3 Å². The molecular weight excluding hydrogens is 398 g/mol. The summed E-state index contributed by atoms with van der Waals surface area (Å²) in [5.74, 6) is 0. The van der Waals surface area contributed by atoms with Crippen LogP contribution in [0.4, 0.5) is 0 Å². The Morgan fingerprint density at radius 1 is 0.926 bits per heavy atom. The minimum Gasteiger partial charge on any atom is -0.364 e. The van der Waals surface area contributed by atoms with Crippen LogP contribution in [0, 0.1) is 6.92 Å². The molecule has 27 heavy (non-hydrogen) atoms. The molecule has 0 aliphatic heterocycles. The van der Waals surface area contributed by atoms with Crippen molar-refractivity contribution in [2.24, 2.45) is 5.73 Å². The summed E-state index contributed by atoms with van der Waals surface area (Å²) in [6.45, 7) is 4.71. The van der Waals surface area contributed by atoms with Gasteiger partial charge < -0.3 is 10.5 Å². The highest BCUT2D eigenvalue weighted by Crippen LogP contribution is 2.36. The summed E-state index contributed by atoms with van der Waals surface area (Å²) in [5.41, 5.74) is 10.5. The number of ether oxygens (including phenoxy) is 1. The van der Waals surface area contributed by atoms with Crippen LogP contribution in [0.1, 0.15) is 29.2 Å². The molecular formula is C24H26BrNO. The molecule has 2 nitrogen and oxygen atoms in total. The summed E-state index contributed by atoms with van der Waals surface area (Å²) in [4.78, 5) is 0. The monoisotopic (exact) mass is 423 g/mol. The molecule has 0 saturated carbocycles. The molecule has 0 spiro atoms. The van der Waals surface area contributed by atoms with E-state index in [1.54, 1.807) is 0 Å². The zero-order valence-electron chi connectivity index (χ0n) is 15.9. The van der Waals surface area contributed by atoms with Gasteiger partial charge >= 0.3 is 0 Å². The fraction of sp³-hybridized carbons (Fsp3) is 0.250. The lowest BCUT2D eigenvalue weighted by molar-refractivity contribution is -0.0321. The molecule has 0 amide bonds. The molecule has 0 fully saturated rings. The molecule has 3 rings (SSSR count). The van der Waals surface area contributed by atoms with Crippen LogP contribution < -0.4 is 5.73 Å². The van der Waals surface area contributed by atoms with Crippen LogP contribution in [0.2, 0.25) is 0 Å². The summed E-state index contributed by atoms with van der Waals surface area (Å²) in [7, 11) is 0. The topological polar surface area (TPSA) is 35.2 Å². The van der Waals surface area contributed by atoms with Crippen LogP contribution in [-0.4, -0.2) is 12.6 Å². The van der Waals surface area contributed by atoms with Crippen molar-refractivity contribution in [3.05, 3.63) is 106 Å².